The van der Waals surface area contributed by atoms with Crippen LogP contribution in [0, 0.1) is 0 Å². The number of carbonyl (C=O) groups is 2. The van der Waals surface area contributed by atoms with Crippen molar-refractivity contribution < 1.29 is 54.4 Å². The summed E-state index contributed by atoms with van der Waals surface area (Å²) in [4.78, 5) is 24.8. The minimum Gasteiger partial charge on any atom is -0.497 e. The topological polar surface area (TPSA) is 207 Å². The molecule has 8 atom stereocenters. The maximum Gasteiger partial charge on any atom is 0.251 e. The van der Waals surface area contributed by atoms with Crippen LogP contribution in [0.3, 0.4) is 0 Å². The maximum absolute atomic E-state index is 12.6. The van der Waals surface area contributed by atoms with Crippen molar-refractivity contribution in [2.45, 2.75) is 127 Å². The third kappa shape index (κ3) is 13.5. The first-order chi connectivity index (χ1) is 21.6. The number of aliphatic hydroxyl groups excluding tert-OH is 6. The van der Waals surface area contributed by atoms with E-state index in [1.165, 1.54) is 0 Å². The molecule has 0 aliphatic carbocycles. The van der Waals surface area contributed by atoms with Crippen LogP contribution in [0.5, 0.6) is 5.75 Å². The Labute approximate surface area is 265 Å². The lowest BCUT2D eigenvalue weighted by molar-refractivity contribution is -0.303. The third-order valence-electron chi connectivity index (χ3n) is 8.08. The number of carbonyl (C=O) groups excluding carboxylic acids is 2. The van der Waals surface area contributed by atoms with Crippen LogP contribution in [0.4, 0.5) is 0 Å². The summed E-state index contributed by atoms with van der Waals surface area (Å²) in [5.41, 5.74) is 0.613. The van der Waals surface area contributed by atoms with Gasteiger partial charge in [-0.05, 0) is 43.5 Å². The minimum absolute atomic E-state index is 0.0852. The fourth-order valence-electron chi connectivity index (χ4n) is 5.11. The first-order valence-electron chi connectivity index (χ1n) is 16.1. The number of rotatable bonds is 22. The van der Waals surface area contributed by atoms with E-state index in [1.54, 1.807) is 38.3 Å². The van der Waals surface area contributed by atoms with Gasteiger partial charge >= 0.3 is 0 Å². The van der Waals surface area contributed by atoms with Gasteiger partial charge in [0, 0.05) is 18.5 Å². The van der Waals surface area contributed by atoms with E-state index in [0.29, 0.717) is 24.3 Å². The highest BCUT2D eigenvalue weighted by atomic mass is 16.7. The molecule has 0 bridgehead atoms. The highest BCUT2D eigenvalue weighted by molar-refractivity contribution is 5.94. The number of ether oxygens (including phenoxy) is 3. The lowest BCUT2D eigenvalue weighted by Crippen LogP contribution is -2.60. The molecular weight excluding hydrogens is 588 g/mol. The molecule has 2 rings (SSSR count). The molecule has 1 saturated heterocycles. The van der Waals surface area contributed by atoms with E-state index in [2.05, 4.69) is 10.6 Å². The SMILES string of the molecule is CC[C@@H](O)[C@@H](O)[C@H](CO[C@H]1OC(CO)[C@H](O)[C@H](O)C1O)NC(=O)CCCCCCCCCCCNC(=O)c1ccc(OC)cc1. The first-order valence-corrected chi connectivity index (χ1v) is 16.1. The molecule has 1 aromatic rings. The number of hydrogen-bond acceptors (Lipinski definition) is 11. The lowest BCUT2D eigenvalue weighted by Gasteiger charge is -2.40. The van der Waals surface area contributed by atoms with E-state index < -0.39 is 55.6 Å². The molecule has 1 fully saturated rings. The molecule has 2 unspecified atom stereocenters. The van der Waals surface area contributed by atoms with Gasteiger partial charge in [-0.2, -0.15) is 0 Å². The van der Waals surface area contributed by atoms with E-state index in [-0.39, 0.29) is 31.3 Å². The molecule has 0 spiro atoms. The zero-order valence-corrected chi connectivity index (χ0v) is 26.6. The largest absolute Gasteiger partial charge is 0.497 e. The molecule has 0 saturated carbocycles. The van der Waals surface area contributed by atoms with Crippen LogP contribution in [0.1, 0.15) is 87.9 Å². The summed E-state index contributed by atoms with van der Waals surface area (Å²) in [5, 5.41) is 65.8. The number of aliphatic hydroxyl groups is 6. The molecule has 45 heavy (non-hydrogen) atoms. The van der Waals surface area contributed by atoms with E-state index >= 15 is 0 Å². The van der Waals surface area contributed by atoms with E-state index in [1.807, 2.05) is 0 Å². The average Bonchev–Trinajstić information content (AvgIpc) is 3.05. The zero-order valence-electron chi connectivity index (χ0n) is 26.6. The van der Waals surface area contributed by atoms with E-state index in [9.17, 15) is 40.2 Å². The van der Waals surface area contributed by atoms with Crippen molar-refractivity contribution in [2.75, 3.05) is 26.9 Å². The Balaban J connectivity index is 1.58. The predicted molar refractivity (Wildman–Crippen MR) is 165 cm³/mol. The fourth-order valence-corrected chi connectivity index (χ4v) is 5.11. The van der Waals surface area contributed by atoms with Crippen LogP contribution in [-0.4, -0.2) is 118 Å². The number of hydrogen-bond donors (Lipinski definition) is 8. The summed E-state index contributed by atoms with van der Waals surface area (Å²) < 4.78 is 15.9. The van der Waals surface area contributed by atoms with Crippen LogP contribution in [0.2, 0.25) is 0 Å². The Morgan fingerprint density at radius 1 is 0.889 bits per heavy atom. The summed E-state index contributed by atoms with van der Waals surface area (Å²) >= 11 is 0. The molecule has 0 aromatic heterocycles. The maximum atomic E-state index is 12.6. The van der Waals surface area contributed by atoms with Crippen molar-refractivity contribution in [1.29, 1.82) is 0 Å². The second kappa shape index (κ2) is 21.4. The van der Waals surface area contributed by atoms with Gasteiger partial charge in [-0.15, -0.1) is 0 Å². The van der Waals surface area contributed by atoms with Gasteiger partial charge < -0.3 is 55.5 Å². The molecule has 1 aromatic carbocycles. The summed E-state index contributed by atoms with van der Waals surface area (Å²) in [5.74, 6) is 0.309. The number of amides is 2. The Hall–Kier alpha value is -2.36. The van der Waals surface area contributed by atoms with Crippen molar-refractivity contribution in [1.82, 2.24) is 10.6 Å². The van der Waals surface area contributed by atoms with Gasteiger partial charge in [-0.1, -0.05) is 51.9 Å². The number of methoxy groups -OCH3 is 1. The minimum atomic E-state index is -1.62. The van der Waals surface area contributed by atoms with E-state index in [0.717, 1.165) is 51.4 Å². The summed E-state index contributed by atoms with van der Waals surface area (Å²) in [6.45, 7) is 1.36. The molecule has 2 amide bonds. The Kier molecular flexibility index (Phi) is 18.5. The molecule has 1 heterocycles. The van der Waals surface area contributed by atoms with Crippen molar-refractivity contribution in [3.63, 3.8) is 0 Å². The van der Waals surface area contributed by atoms with Crippen LogP contribution >= 0.6 is 0 Å². The second-order valence-electron chi connectivity index (χ2n) is 11.6. The van der Waals surface area contributed by atoms with Gasteiger partial charge in [0.1, 0.15) is 36.3 Å². The quantitative estimate of drug-likeness (QED) is 0.0829. The first kappa shape index (κ1) is 38.8. The monoisotopic (exact) mass is 642 g/mol. The van der Waals surface area contributed by atoms with Gasteiger partial charge in [0.25, 0.3) is 5.91 Å². The van der Waals surface area contributed by atoms with Gasteiger partial charge in [-0.3, -0.25) is 9.59 Å². The number of unbranched alkanes of at least 4 members (excludes halogenated alkanes) is 8. The van der Waals surface area contributed by atoms with Crippen LogP contribution in [0.25, 0.3) is 0 Å². The summed E-state index contributed by atoms with van der Waals surface area (Å²) in [7, 11) is 1.59. The molecule has 0 radical (unpaired) electrons. The second-order valence-corrected chi connectivity index (χ2v) is 11.6. The fraction of sp³-hybridized carbons (Fsp3) is 0.750. The molecule has 1 aliphatic rings. The van der Waals surface area contributed by atoms with Crippen LogP contribution in [0.15, 0.2) is 24.3 Å². The third-order valence-corrected chi connectivity index (χ3v) is 8.08. The standard InChI is InChI=1S/C32H54N2O11/c1-3-24(36)27(38)23(20-44-32-30(41)29(40)28(39)25(19-35)45-32)34-26(37)13-11-9-7-5-4-6-8-10-12-18-33-31(42)21-14-16-22(43-2)17-15-21/h14-17,23-25,27-30,32,35-36,38-41H,3-13,18-20H2,1-2H3,(H,33,42)(H,34,37)/t23-,24+,25?,27-,28-,29-,30?,32-/m0/s1. The van der Waals surface area contributed by atoms with Gasteiger partial charge in [0.15, 0.2) is 6.29 Å². The van der Waals surface area contributed by atoms with Crippen molar-refractivity contribution in [2.24, 2.45) is 0 Å². The molecular formula is C32H54N2O11. The van der Waals surface area contributed by atoms with Crippen molar-refractivity contribution in [3.05, 3.63) is 29.8 Å². The Morgan fingerprint density at radius 3 is 2.07 bits per heavy atom. The average molecular weight is 643 g/mol. The molecule has 1 aliphatic heterocycles. The predicted octanol–water partition coefficient (Wildman–Crippen LogP) is 0.759. The van der Waals surface area contributed by atoms with Gasteiger partial charge in [-0.25, -0.2) is 0 Å². The molecule has 13 nitrogen and oxygen atoms in total. The highest BCUT2D eigenvalue weighted by Gasteiger charge is 2.44. The summed E-state index contributed by atoms with van der Waals surface area (Å²) in [6, 6.07) is 6.00. The number of nitrogens with one attached hydrogen (secondary N) is 2. The Bertz CT molecular complexity index is 965. The van der Waals surface area contributed by atoms with Gasteiger partial charge in [0.2, 0.25) is 5.91 Å². The summed E-state index contributed by atoms with van der Waals surface area (Å²) in [6.07, 6.45) is -0.511. The normalized spacial score (nSPS) is 23.6. The highest BCUT2D eigenvalue weighted by Crippen LogP contribution is 2.22. The molecule has 13 heteroatoms. The Morgan fingerprint density at radius 2 is 1.49 bits per heavy atom. The van der Waals surface area contributed by atoms with Crippen molar-refractivity contribution in [3.8, 4) is 5.75 Å². The van der Waals surface area contributed by atoms with Crippen LogP contribution < -0.4 is 15.4 Å². The molecule has 8 N–H and O–H groups in total. The van der Waals surface area contributed by atoms with Gasteiger partial charge in [0.05, 0.1) is 32.5 Å². The smallest absolute Gasteiger partial charge is 0.251 e. The van der Waals surface area contributed by atoms with Crippen molar-refractivity contribution >= 4 is 11.8 Å². The lowest BCUT2D eigenvalue weighted by atomic mass is 9.99. The zero-order chi connectivity index (χ0) is 33.2. The van der Waals surface area contributed by atoms with Crippen LogP contribution in [-0.2, 0) is 14.3 Å². The number of benzene rings is 1. The molecule has 258 valence electrons. The van der Waals surface area contributed by atoms with E-state index in [4.69, 9.17) is 14.2 Å².